The van der Waals surface area contributed by atoms with Crippen molar-refractivity contribution in [3.8, 4) is 0 Å². The largest absolute Gasteiger partial charge is 0.472 e. The van der Waals surface area contributed by atoms with Crippen molar-refractivity contribution in [2.24, 2.45) is 0 Å². The van der Waals surface area contributed by atoms with Gasteiger partial charge in [-0.05, 0) is 89.9 Å². The molecule has 0 heterocycles. The molecule has 0 aromatic carbocycles. The van der Waals surface area contributed by atoms with Gasteiger partial charge in [-0.1, -0.05) is 345 Å². The van der Waals surface area contributed by atoms with Gasteiger partial charge in [0.1, 0.15) is 19.3 Å². The maximum Gasteiger partial charge on any atom is 0.472 e. The predicted octanol–water partition coefficient (Wildman–Crippen LogP) is 25.0. The molecule has 0 amide bonds. The van der Waals surface area contributed by atoms with Crippen molar-refractivity contribution < 1.29 is 80.2 Å². The van der Waals surface area contributed by atoms with Crippen LogP contribution in [-0.2, 0) is 65.4 Å². The second-order valence-corrected chi connectivity index (χ2v) is 31.7. The van der Waals surface area contributed by atoms with E-state index in [9.17, 15) is 43.2 Å². The molecule has 0 aromatic rings. The van der Waals surface area contributed by atoms with Crippen LogP contribution in [-0.4, -0.2) is 96.7 Å². The molecule has 0 saturated heterocycles. The number of phosphoric ester groups is 2. The normalized spacial score (nSPS) is 14.1. The lowest BCUT2D eigenvalue weighted by Crippen LogP contribution is -2.30. The lowest BCUT2D eigenvalue weighted by molar-refractivity contribution is -0.161. The minimum Gasteiger partial charge on any atom is -0.462 e. The maximum atomic E-state index is 13.1. The zero-order chi connectivity index (χ0) is 76.0. The van der Waals surface area contributed by atoms with E-state index in [1.54, 1.807) is 0 Å². The summed E-state index contributed by atoms with van der Waals surface area (Å²) in [4.78, 5) is 73.1. The molecule has 19 heteroatoms. The highest BCUT2D eigenvalue weighted by molar-refractivity contribution is 7.47. The molecule has 0 fully saturated rings. The summed E-state index contributed by atoms with van der Waals surface area (Å²) in [5.41, 5.74) is 0. The third-order valence-corrected chi connectivity index (χ3v) is 20.4. The Kier molecular flexibility index (Phi) is 75.5. The molecule has 0 aliphatic carbocycles. The number of carbonyl (C=O) groups is 4. The maximum absolute atomic E-state index is 13.1. The van der Waals surface area contributed by atoms with Crippen LogP contribution >= 0.6 is 15.6 Å². The van der Waals surface area contributed by atoms with Crippen molar-refractivity contribution in [1.82, 2.24) is 0 Å². The van der Waals surface area contributed by atoms with Crippen molar-refractivity contribution in [3.63, 3.8) is 0 Å². The number of esters is 4. The molecule has 0 aliphatic heterocycles. The Labute approximate surface area is 635 Å². The first-order valence-corrected chi connectivity index (χ1v) is 45.5. The van der Waals surface area contributed by atoms with E-state index in [0.717, 1.165) is 109 Å². The molecule has 0 rings (SSSR count). The third kappa shape index (κ3) is 76.9. The molecule has 2 unspecified atom stereocenters. The number of carbonyl (C=O) groups excluding carboxylic acids is 4. The number of phosphoric acid groups is 2. The van der Waals surface area contributed by atoms with Crippen LogP contribution in [0.15, 0.2) is 60.8 Å². The highest BCUT2D eigenvalue weighted by Crippen LogP contribution is 2.45. The third-order valence-electron chi connectivity index (χ3n) is 18.5. The van der Waals surface area contributed by atoms with Gasteiger partial charge < -0.3 is 33.8 Å². The first kappa shape index (κ1) is 101. The summed E-state index contributed by atoms with van der Waals surface area (Å²) in [6.45, 7) is 4.88. The fourth-order valence-electron chi connectivity index (χ4n) is 12.0. The SMILES string of the molecule is CCCCC/C=C\C/C=C\C/C=C\C/C=C\CCCC(=O)OC[C@H](COP(=O)(O)OC[C@H](O)COP(=O)(O)OC[C@@H](COC(=O)CCCCCCCCCCCCCCCCCCC)OC(=O)CCCCCCC/C=C\CCCCCCCC)OC(=O)CCCCCCCCCCCCCCCCC. The Morgan fingerprint density at radius 3 is 0.788 bits per heavy atom. The van der Waals surface area contributed by atoms with E-state index in [0.29, 0.717) is 32.1 Å². The fraction of sp³-hybridized carbons (Fsp3) is 0.835. The van der Waals surface area contributed by atoms with E-state index >= 15 is 0 Å². The van der Waals surface area contributed by atoms with Crippen molar-refractivity contribution in [2.75, 3.05) is 39.6 Å². The average Bonchev–Trinajstić information content (AvgIpc) is 0.937. The van der Waals surface area contributed by atoms with Gasteiger partial charge in [0.25, 0.3) is 0 Å². The topological polar surface area (TPSA) is 237 Å². The van der Waals surface area contributed by atoms with Crippen LogP contribution in [0.3, 0.4) is 0 Å². The Morgan fingerprint density at radius 2 is 0.481 bits per heavy atom. The number of aliphatic hydroxyl groups excluding tert-OH is 1. The predicted molar refractivity (Wildman–Crippen MR) is 427 cm³/mol. The minimum absolute atomic E-state index is 0.0900. The van der Waals surface area contributed by atoms with E-state index < -0.39 is 97.5 Å². The Bertz CT molecular complexity index is 2200. The van der Waals surface area contributed by atoms with Gasteiger partial charge >= 0.3 is 39.5 Å². The zero-order valence-electron chi connectivity index (χ0n) is 66.7. The lowest BCUT2D eigenvalue weighted by Gasteiger charge is -2.21. The monoisotopic (exact) mass is 1510 g/mol. The van der Waals surface area contributed by atoms with E-state index in [-0.39, 0.29) is 25.7 Å². The molecule has 17 nitrogen and oxygen atoms in total. The fourth-order valence-corrected chi connectivity index (χ4v) is 13.6. The second kappa shape index (κ2) is 77.9. The van der Waals surface area contributed by atoms with Crippen LogP contribution in [0.4, 0.5) is 0 Å². The van der Waals surface area contributed by atoms with Crippen molar-refractivity contribution in [3.05, 3.63) is 60.8 Å². The zero-order valence-corrected chi connectivity index (χ0v) is 68.5. The number of aliphatic hydroxyl groups is 1. The number of ether oxygens (including phenoxy) is 4. The molecule has 3 N–H and O–H groups in total. The van der Waals surface area contributed by atoms with Gasteiger partial charge in [-0.3, -0.25) is 37.3 Å². The Hall–Kier alpha value is -3.24. The van der Waals surface area contributed by atoms with Gasteiger partial charge in [0.15, 0.2) is 12.2 Å². The summed E-state index contributed by atoms with van der Waals surface area (Å²) in [7, 11) is -9.96. The summed E-state index contributed by atoms with van der Waals surface area (Å²) in [5, 5.41) is 10.7. The van der Waals surface area contributed by atoms with Crippen LogP contribution in [0.25, 0.3) is 0 Å². The molecule has 0 bridgehead atoms. The molecular weight excluding hydrogens is 1350 g/mol. The van der Waals surface area contributed by atoms with E-state index in [4.69, 9.17) is 37.0 Å². The first-order chi connectivity index (χ1) is 50.7. The van der Waals surface area contributed by atoms with Gasteiger partial charge in [-0.2, -0.15) is 0 Å². The second-order valence-electron chi connectivity index (χ2n) is 28.8. The van der Waals surface area contributed by atoms with Crippen LogP contribution in [0.1, 0.15) is 400 Å². The molecule has 0 aliphatic rings. The van der Waals surface area contributed by atoms with E-state index in [2.05, 4.69) is 76.3 Å². The highest BCUT2D eigenvalue weighted by Gasteiger charge is 2.30. The molecule has 0 radical (unpaired) electrons. The number of rotatable bonds is 81. The lowest BCUT2D eigenvalue weighted by atomic mass is 10.0. The molecule has 104 heavy (non-hydrogen) atoms. The van der Waals surface area contributed by atoms with Crippen LogP contribution < -0.4 is 0 Å². The van der Waals surface area contributed by atoms with Gasteiger partial charge in [-0.25, -0.2) is 9.13 Å². The molecule has 0 spiro atoms. The molecule has 608 valence electrons. The van der Waals surface area contributed by atoms with Crippen molar-refractivity contribution in [2.45, 2.75) is 418 Å². The van der Waals surface area contributed by atoms with Crippen molar-refractivity contribution >= 4 is 39.5 Å². The van der Waals surface area contributed by atoms with E-state index in [1.807, 2.05) is 12.2 Å². The summed E-state index contributed by atoms with van der Waals surface area (Å²) in [5.74, 6) is -2.21. The number of unbranched alkanes of at least 4 members (excludes halogenated alkanes) is 45. The Morgan fingerprint density at radius 1 is 0.269 bits per heavy atom. The number of hydrogen-bond donors (Lipinski definition) is 3. The van der Waals surface area contributed by atoms with Crippen LogP contribution in [0, 0.1) is 0 Å². The quantitative estimate of drug-likeness (QED) is 0.0169. The summed E-state index contributed by atoms with van der Waals surface area (Å²) < 4.78 is 68.7. The molecule has 0 saturated carbocycles. The van der Waals surface area contributed by atoms with Gasteiger partial charge in [0.05, 0.1) is 26.4 Å². The minimum atomic E-state index is -4.98. The van der Waals surface area contributed by atoms with Crippen LogP contribution in [0.2, 0.25) is 0 Å². The highest BCUT2D eigenvalue weighted by atomic mass is 31.2. The number of allylic oxidation sites excluding steroid dienone is 10. The Balaban J connectivity index is 5.36. The van der Waals surface area contributed by atoms with E-state index in [1.165, 1.54) is 205 Å². The van der Waals surface area contributed by atoms with Gasteiger partial charge in [0, 0.05) is 25.7 Å². The van der Waals surface area contributed by atoms with Crippen molar-refractivity contribution in [1.29, 1.82) is 0 Å². The molecule has 5 atom stereocenters. The molecular formula is C85H156O17P2. The first-order valence-electron chi connectivity index (χ1n) is 42.5. The average molecular weight is 1510 g/mol. The smallest absolute Gasteiger partial charge is 0.462 e. The van der Waals surface area contributed by atoms with Gasteiger partial charge in [0.2, 0.25) is 0 Å². The standard InChI is InChI=1S/C85H156O17P2/c1-5-9-13-17-21-25-29-33-37-39-43-45-49-53-57-61-65-69-82(87)95-75-80(101-84(89)71-67-63-59-55-51-47-41-35-31-27-23-19-15-11-7-3)77-99-103(91,92)97-73-79(86)74-98-104(93,94)100-78-81(102-85(90)72-68-64-60-56-52-48-42-36-32-28-24-20-16-12-8-4)76-96-83(88)70-66-62-58-54-50-46-44-40-38-34-30-26-22-18-14-10-6-2/h21,25,33,36-37,42-43,45,53,57,79-81,86H,5-20,22-24,26-32,34-35,38-41,44,46-52,54-56,58-78H2,1-4H3,(H,91,92)(H,93,94)/b25-21-,37-33-,42-36-,45-43-,57-53-/t79-,80+,81+/m0/s1. The van der Waals surface area contributed by atoms with Gasteiger partial charge in [-0.15, -0.1) is 0 Å². The summed E-state index contributed by atoms with van der Waals surface area (Å²) >= 11 is 0. The summed E-state index contributed by atoms with van der Waals surface area (Å²) in [6.07, 6.45) is 79.0. The molecule has 0 aromatic heterocycles. The van der Waals surface area contributed by atoms with Crippen LogP contribution in [0.5, 0.6) is 0 Å². The number of hydrogen-bond acceptors (Lipinski definition) is 15. The summed E-state index contributed by atoms with van der Waals surface area (Å²) in [6, 6.07) is 0.